The molecule has 1 aliphatic heterocycles. The third-order valence-electron chi connectivity index (χ3n) is 7.00. The smallest absolute Gasteiger partial charge is 0.322 e. The molecule has 3 rings (SSSR count). The number of piperidine rings is 1. The number of benzene rings is 1. The highest BCUT2D eigenvalue weighted by molar-refractivity contribution is 6.00. The Morgan fingerprint density at radius 3 is 2.44 bits per heavy atom. The van der Waals surface area contributed by atoms with Crippen molar-refractivity contribution in [1.29, 1.82) is 0 Å². The normalized spacial score (nSPS) is 17.5. The molecule has 1 atom stereocenters. The van der Waals surface area contributed by atoms with Gasteiger partial charge in [-0.25, -0.2) is 9.59 Å². The fourth-order valence-corrected chi connectivity index (χ4v) is 4.63. The third kappa shape index (κ3) is 9.47. The van der Waals surface area contributed by atoms with Crippen LogP contribution in [0.1, 0.15) is 70.7 Å². The average molecular weight is 567 g/mol. The van der Waals surface area contributed by atoms with Crippen molar-refractivity contribution in [3.05, 3.63) is 47.2 Å². The van der Waals surface area contributed by atoms with Crippen LogP contribution in [0.3, 0.4) is 0 Å². The first-order chi connectivity index (χ1) is 19.5. The fourth-order valence-electron chi connectivity index (χ4n) is 4.63. The molecule has 222 valence electrons. The molecule has 2 aliphatic rings. The number of hydrogen-bond acceptors (Lipinski definition) is 5. The van der Waals surface area contributed by atoms with Gasteiger partial charge in [-0.3, -0.25) is 19.3 Å². The molecule has 1 saturated heterocycles. The van der Waals surface area contributed by atoms with Crippen LogP contribution in [0.2, 0.25) is 0 Å². The van der Waals surface area contributed by atoms with Gasteiger partial charge in [0.25, 0.3) is 0 Å². The van der Waals surface area contributed by atoms with E-state index in [0.717, 1.165) is 25.7 Å². The maximum Gasteiger partial charge on any atom is 0.322 e. The molecular weight excluding hydrogens is 524 g/mol. The van der Waals surface area contributed by atoms with Gasteiger partial charge in [-0.05, 0) is 83.6 Å². The topological polar surface area (TPSA) is 140 Å². The summed E-state index contributed by atoms with van der Waals surface area (Å²) >= 11 is 0. The monoisotopic (exact) mass is 566 g/mol. The molecule has 1 aliphatic carbocycles. The number of urea groups is 2. The number of carbonyl (C=O) groups is 5. The summed E-state index contributed by atoms with van der Waals surface area (Å²) in [6, 6.07) is 3.94. The summed E-state index contributed by atoms with van der Waals surface area (Å²) in [5, 5.41) is 11.4. The lowest BCUT2D eigenvalue weighted by Crippen LogP contribution is -2.50. The van der Waals surface area contributed by atoms with Gasteiger partial charge >= 0.3 is 12.1 Å². The first-order valence-electron chi connectivity index (χ1n) is 14.1. The fraction of sp³-hybridized carbons (Fsp3) is 0.500. The zero-order chi connectivity index (χ0) is 30.1. The van der Waals surface area contributed by atoms with Crippen molar-refractivity contribution in [3.63, 3.8) is 0 Å². The SMILES string of the molecule is CC(=O)N/C(C)=C/C=C(\C)C(=O)N[C@@H]1CCCN(C(=O)Nc2ccc(N(C(=O)NCC3CC3)C(C)C)c(C=O)c2)C1. The zero-order valence-electron chi connectivity index (χ0n) is 24.6. The molecule has 0 bridgehead atoms. The number of carbonyl (C=O) groups excluding carboxylic acids is 5. The Kier molecular flexibility index (Phi) is 11.1. The summed E-state index contributed by atoms with van der Waals surface area (Å²) in [6.45, 7) is 10.1. The number of aldehydes is 1. The molecule has 41 heavy (non-hydrogen) atoms. The van der Waals surface area contributed by atoms with Crippen molar-refractivity contribution >= 4 is 41.5 Å². The first kappa shape index (κ1) is 31.4. The van der Waals surface area contributed by atoms with Crippen LogP contribution in [0.4, 0.5) is 21.0 Å². The predicted octanol–water partition coefficient (Wildman–Crippen LogP) is 3.93. The molecule has 0 spiro atoms. The second kappa shape index (κ2) is 14.5. The number of rotatable bonds is 10. The number of nitrogens with zero attached hydrogens (tertiary/aromatic N) is 2. The Labute approximate surface area is 241 Å². The third-order valence-corrected chi connectivity index (χ3v) is 7.00. The van der Waals surface area contributed by atoms with E-state index in [1.54, 1.807) is 54.0 Å². The summed E-state index contributed by atoms with van der Waals surface area (Å²) in [4.78, 5) is 64.9. The van der Waals surface area contributed by atoms with Crippen LogP contribution in [0.5, 0.6) is 0 Å². The summed E-state index contributed by atoms with van der Waals surface area (Å²) in [5.41, 5.74) is 2.33. The molecule has 0 radical (unpaired) electrons. The summed E-state index contributed by atoms with van der Waals surface area (Å²) in [6.07, 6.45) is 7.69. The number of amides is 6. The number of anilines is 2. The number of allylic oxidation sites excluding steroid dienone is 3. The van der Waals surface area contributed by atoms with Gasteiger partial charge in [-0.15, -0.1) is 0 Å². The van der Waals surface area contributed by atoms with Crippen molar-refractivity contribution in [3.8, 4) is 0 Å². The standard InChI is InChI=1S/C30H42N6O5/c1-19(2)36(29(40)31-16-23-10-11-23)27-13-12-25(15-24(27)18-37)34-30(41)35-14-6-7-26(17-35)33-28(39)20(3)8-9-21(4)32-22(5)38/h8-9,12-13,15,18-19,23,26H,6-7,10-11,14,16-17H2,1-5H3,(H,31,40)(H,32,38)(H,33,39)(H,34,41)/b20-8+,21-9+/t26-/m1/s1. The van der Waals surface area contributed by atoms with E-state index in [0.29, 0.717) is 60.0 Å². The highest BCUT2D eigenvalue weighted by Gasteiger charge is 2.27. The molecule has 1 heterocycles. The molecule has 1 aromatic rings. The molecule has 0 unspecified atom stereocenters. The molecule has 2 fully saturated rings. The molecule has 0 aromatic heterocycles. The lowest BCUT2D eigenvalue weighted by atomic mass is 10.1. The van der Waals surface area contributed by atoms with Crippen LogP contribution < -0.4 is 26.2 Å². The van der Waals surface area contributed by atoms with E-state index >= 15 is 0 Å². The number of nitrogens with one attached hydrogen (secondary N) is 4. The Morgan fingerprint density at radius 2 is 1.80 bits per heavy atom. The van der Waals surface area contributed by atoms with Crippen molar-refractivity contribution in [2.45, 2.75) is 72.4 Å². The second-order valence-corrected chi connectivity index (χ2v) is 11.1. The lowest BCUT2D eigenvalue weighted by Gasteiger charge is -2.33. The van der Waals surface area contributed by atoms with Gasteiger partial charge in [0.2, 0.25) is 11.8 Å². The minimum absolute atomic E-state index is 0.176. The Morgan fingerprint density at radius 1 is 1.07 bits per heavy atom. The van der Waals surface area contributed by atoms with E-state index in [1.165, 1.54) is 6.92 Å². The van der Waals surface area contributed by atoms with Gasteiger partial charge in [-0.2, -0.15) is 0 Å². The van der Waals surface area contributed by atoms with E-state index < -0.39 is 0 Å². The van der Waals surface area contributed by atoms with Crippen molar-refractivity contribution in [2.24, 2.45) is 5.92 Å². The molecule has 11 nitrogen and oxygen atoms in total. The predicted molar refractivity (Wildman–Crippen MR) is 159 cm³/mol. The lowest BCUT2D eigenvalue weighted by molar-refractivity contribution is -0.119. The molecule has 1 aromatic carbocycles. The van der Waals surface area contributed by atoms with Crippen LogP contribution in [-0.2, 0) is 9.59 Å². The molecule has 4 N–H and O–H groups in total. The molecular formula is C30H42N6O5. The van der Waals surface area contributed by atoms with Crippen molar-refractivity contribution < 1.29 is 24.0 Å². The Balaban J connectivity index is 1.61. The largest absolute Gasteiger partial charge is 0.348 e. The van der Waals surface area contributed by atoms with Crippen molar-refractivity contribution in [1.82, 2.24) is 20.9 Å². The van der Waals surface area contributed by atoms with Gasteiger partial charge < -0.3 is 26.2 Å². The number of likely N-dealkylation sites (tertiary alicyclic amines) is 1. The minimum Gasteiger partial charge on any atom is -0.348 e. The van der Waals surface area contributed by atoms with Crippen LogP contribution in [0.25, 0.3) is 0 Å². The quantitative estimate of drug-likeness (QED) is 0.193. The van der Waals surface area contributed by atoms with Gasteiger partial charge in [-0.1, -0.05) is 6.08 Å². The average Bonchev–Trinajstić information content (AvgIpc) is 3.75. The maximum absolute atomic E-state index is 13.1. The van der Waals surface area contributed by atoms with Gasteiger partial charge in [0.15, 0.2) is 6.29 Å². The molecule has 6 amide bonds. The highest BCUT2D eigenvalue weighted by atomic mass is 16.2. The summed E-state index contributed by atoms with van der Waals surface area (Å²) < 4.78 is 0. The minimum atomic E-state index is -0.336. The Bertz CT molecular complexity index is 1220. The van der Waals surface area contributed by atoms with Gasteiger partial charge in [0.05, 0.1) is 5.69 Å². The Hall–Kier alpha value is -4.15. The van der Waals surface area contributed by atoms with Crippen LogP contribution >= 0.6 is 0 Å². The summed E-state index contributed by atoms with van der Waals surface area (Å²) in [7, 11) is 0. The van der Waals surface area contributed by atoms with E-state index in [4.69, 9.17) is 0 Å². The molecule has 1 saturated carbocycles. The van der Waals surface area contributed by atoms with E-state index in [-0.39, 0.29) is 36.0 Å². The van der Waals surface area contributed by atoms with E-state index in [2.05, 4.69) is 21.3 Å². The second-order valence-electron chi connectivity index (χ2n) is 11.1. The van der Waals surface area contributed by atoms with Crippen LogP contribution in [-0.4, -0.2) is 66.8 Å². The van der Waals surface area contributed by atoms with Crippen LogP contribution in [0.15, 0.2) is 41.6 Å². The van der Waals surface area contributed by atoms with E-state index in [1.807, 2.05) is 13.8 Å². The van der Waals surface area contributed by atoms with E-state index in [9.17, 15) is 24.0 Å². The van der Waals surface area contributed by atoms with Crippen molar-refractivity contribution in [2.75, 3.05) is 29.9 Å². The van der Waals surface area contributed by atoms with Gasteiger partial charge in [0, 0.05) is 61.2 Å². The number of hydrogen-bond donors (Lipinski definition) is 4. The zero-order valence-corrected chi connectivity index (χ0v) is 24.6. The highest BCUT2D eigenvalue weighted by Crippen LogP contribution is 2.29. The van der Waals surface area contributed by atoms with Crippen LogP contribution in [0, 0.1) is 5.92 Å². The summed E-state index contributed by atoms with van der Waals surface area (Å²) in [5.74, 6) is 0.102. The maximum atomic E-state index is 13.1. The van der Waals surface area contributed by atoms with Gasteiger partial charge in [0.1, 0.15) is 0 Å². The molecule has 11 heteroatoms. The first-order valence-corrected chi connectivity index (χ1v) is 14.1.